The van der Waals surface area contributed by atoms with Crippen LogP contribution in [0.25, 0.3) is 11.0 Å². The lowest BCUT2D eigenvalue weighted by Crippen LogP contribution is -2.29. The second kappa shape index (κ2) is 7.83. The first-order valence-electron chi connectivity index (χ1n) is 8.65. The molecule has 28 heavy (non-hydrogen) atoms. The van der Waals surface area contributed by atoms with Gasteiger partial charge in [0.15, 0.2) is 5.65 Å². The summed E-state index contributed by atoms with van der Waals surface area (Å²) in [5.41, 5.74) is 0.186. The maximum absolute atomic E-state index is 12.9. The van der Waals surface area contributed by atoms with E-state index < -0.39 is 11.7 Å². The molecule has 0 aliphatic carbocycles. The third kappa shape index (κ3) is 4.21. The normalized spacial score (nSPS) is 11.8. The number of alkyl halides is 3. The molecule has 10 heteroatoms. The Morgan fingerprint density at radius 2 is 2.00 bits per heavy atom. The molecule has 3 aromatic heterocycles. The van der Waals surface area contributed by atoms with Crippen LogP contribution in [-0.4, -0.2) is 38.7 Å². The topological polar surface area (TPSA) is 84.7 Å². The zero-order valence-electron chi connectivity index (χ0n) is 15.3. The molecule has 0 unspecified atom stereocenters. The number of nitrogens with zero attached hydrogens (tertiary/aromatic N) is 4. The minimum absolute atomic E-state index is 0.0901. The molecule has 2 N–H and O–H groups in total. The van der Waals surface area contributed by atoms with Gasteiger partial charge in [0.05, 0.1) is 17.3 Å². The van der Waals surface area contributed by atoms with Gasteiger partial charge in [-0.3, -0.25) is 4.79 Å². The van der Waals surface area contributed by atoms with Crippen LogP contribution in [0.2, 0.25) is 0 Å². The van der Waals surface area contributed by atoms with Crippen molar-refractivity contribution in [1.29, 1.82) is 0 Å². The molecule has 7 nitrogen and oxygen atoms in total. The van der Waals surface area contributed by atoms with Gasteiger partial charge in [0.2, 0.25) is 0 Å². The van der Waals surface area contributed by atoms with Crippen LogP contribution < -0.4 is 10.6 Å². The average molecular weight is 392 g/mol. The summed E-state index contributed by atoms with van der Waals surface area (Å²) < 4.78 is 40.5. The fraction of sp³-hybridized carbons (Fsp3) is 0.333. The van der Waals surface area contributed by atoms with E-state index in [2.05, 4.69) is 25.7 Å². The van der Waals surface area contributed by atoms with Crippen LogP contribution in [-0.2, 0) is 6.18 Å². The van der Waals surface area contributed by atoms with Gasteiger partial charge in [-0.2, -0.15) is 18.3 Å². The Kier molecular flexibility index (Phi) is 5.48. The van der Waals surface area contributed by atoms with Crippen molar-refractivity contribution < 1.29 is 18.0 Å². The predicted octanol–water partition coefficient (Wildman–Crippen LogP) is 3.27. The quantitative estimate of drug-likeness (QED) is 0.629. The maximum atomic E-state index is 12.9. The van der Waals surface area contributed by atoms with Gasteiger partial charge in [0.1, 0.15) is 5.82 Å². The molecule has 3 heterocycles. The second-order valence-corrected chi connectivity index (χ2v) is 6.40. The standard InChI is InChI=1S/C18H19F3N6O/c1-11(2)27-16-12(10-26-27)8-13(9-25-16)17(28)24-7-6-23-15-14(18(19,20)21)4-3-5-22-15/h3-5,8-11H,6-7H2,1-2H3,(H,22,23)(H,24,28). The average Bonchev–Trinajstić information content (AvgIpc) is 3.08. The van der Waals surface area contributed by atoms with Crippen LogP contribution in [0.3, 0.4) is 0 Å². The van der Waals surface area contributed by atoms with Gasteiger partial charge in [-0.15, -0.1) is 0 Å². The van der Waals surface area contributed by atoms with Gasteiger partial charge in [0, 0.05) is 36.9 Å². The van der Waals surface area contributed by atoms with Crippen LogP contribution >= 0.6 is 0 Å². The zero-order chi connectivity index (χ0) is 20.3. The molecule has 0 aromatic carbocycles. The van der Waals surface area contributed by atoms with E-state index in [1.165, 1.54) is 18.5 Å². The molecule has 0 saturated carbocycles. The number of nitrogens with one attached hydrogen (secondary N) is 2. The Bertz CT molecular complexity index is 983. The van der Waals surface area contributed by atoms with E-state index in [0.29, 0.717) is 11.2 Å². The lowest BCUT2D eigenvalue weighted by molar-refractivity contribution is -0.137. The number of aromatic nitrogens is 4. The molecular weight excluding hydrogens is 373 g/mol. The van der Waals surface area contributed by atoms with Crippen molar-refractivity contribution in [2.75, 3.05) is 18.4 Å². The van der Waals surface area contributed by atoms with Crippen molar-refractivity contribution in [3.05, 3.63) is 47.9 Å². The highest BCUT2D eigenvalue weighted by molar-refractivity contribution is 5.96. The Morgan fingerprint density at radius 1 is 1.21 bits per heavy atom. The summed E-state index contributed by atoms with van der Waals surface area (Å²) in [4.78, 5) is 20.3. The summed E-state index contributed by atoms with van der Waals surface area (Å²) in [6.45, 7) is 4.17. The van der Waals surface area contributed by atoms with Crippen molar-refractivity contribution >= 4 is 22.8 Å². The van der Waals surface area contributed by atoms with Gasteiger partial charge in [0.25, 0.3) is 5.91 Å². The largest absolute Gasteiger partial charge is 0.419 e. The van der Waals surface area contributed by atoms with Crippen LogP contribution in [0.15, 0.2) is 36.8 Å². The van der Waals surface area contributed by atoms with Crippen LogP contribution in [0.4, 0.5) is 19.0 Å². The fourth-order valence-corrected chi connectivity index (χ4v) is 2.68. The molecule has 0 fully saturated rings. The van der Waals surface area contributed by atoms with Crippen molar-refractivity contribution in [3.8, 4) is 0 Å². The van der Waals surface area contributed by atoms with Crippen molar-refractivity contribution in [3.63, 3.8) is 0 Å². The van der Waals surface area contributed by atoms with E-state index in [0.717, 1.165) is 11.5 Å². The highest BCUT2D eigenvalue weighted by Crippen LogP contribution is 2.33. The first-order chi connectivity index (χ1) is 13.3. The fourth-order valence-electron chi connectivity index (χ4n) is 2.68. The molecule has 148 valence electrons. The summed E-state index contributed by atoms with van der Waals surface area (Å²) in [6, 6.07) is 3.99. The van der Waals surface area contributed by atoms with E-state index in [-0.39, 0.29) is 30.9 Å². The summed E-state index contributed by atoms with van der Waals surface area (Å²) in [6.07, 6.45) is -0.137. The van der Waals surface area contributed by atoms with E-state index in [4.69, 9.17) is 0 Å². The molecule has 1 amide bonds. The molecule has 0 aliphatic rings. The van der Waals surface area contributed by atoms with Crippen molar-refractivity contribution in [2.24, 2.45) is 0 Å². The van der Waals surface area contributed by atoms with Crippen molar-refractivity contribution in [2.45, 2.75) is 26.1 Å². The Labute approximate surface area is 159 Å². The molecule has 0 bridgehead atoms. The third-order valence-electron chi connectivity index (χ3n) is 4.00. The predicted molar refractivity (Wildman–Crippen MR) is 98.0 cm³/mol. The molecule has 0 atom stereocenters. The minimum Gasteiger partial charge on any atom is -0.368 e. The van der Waals surface area contributed by atoms with Crippen LogP contribution in [0.1, 0.15) is 35.8 Å². The molecule has 3 rings (SSSR count). The number of rotatable bonds is 6. The van der Waals surface area contributed by atoms with E-state index in [1.54, 1.807) is 16.9 Å². The Hall–Kier alpha value is -3.17. The minimum atomic E-state index is -4.50. The van der Waals surface area contributed by atoms with Gasteiger partial charge in [-0.05, 0) is 32.0 Å². The van der Waals surface area contributed by atoms with Crippen LogP contribution in [0.5, 0.6) is 0 Å². The first kappa shape index (κ1) is 19.6. The highest BCUT2D eigenvalue weighted by Gasteiger charge is 2.33. The number of hydrogen-bond donors (Lipinski definition) is 2. The van der Waals surface area contributed by atoms with Crippen LogP contribution in [0, 0.1) is 0 Å². The van der Waals surface area contributed by atoms with E-state index >= 15 is 0 Å². The Balaban J connectivity index is 1.59. The molecular formula is C18H19F3N6O. The summed E-state index contributed by atoms with van der Waals surface area (Å²) in [5.74, 6) is -0.640. The molecule has 0 radical (unpaired) electrons. The number of hydrogen-bond acceptors (Lipinski definition) is 5. The number of anilines is 1. The zero-order valence-corrected chi connectivity index (χ0v) is 15.3. The first-order valence-corrected chi connectivity index (χ1v) is 8.65. The van der Waals surface area contributed by atoms with Gasteiger partial charge >= 0.3 is 6.18 Å². The second-order valence-electron chi connectivity index (χ2n) is 6.40. The summed E-state index contributed by atoms with van der Waals surface area (Å²) in [7, 11) is 0. The number of carbonyl (C=O) groups is 1. The molecule has 0 aliphatic heterocycles. The number of halogens is 3. The third-order valence-corrected chi connectivity index (χ3v) is 4.00. The number of fused-ring (bicyclic) bond motifs is 1. The SMILES string of the molecule is CC(C)n1ncc2cc(C(=O)NCCNc3ncccc3C(F)(F)F)cnc21. The highest BCUT2D eigenvalue weighted by atomic mass is 19.4. The van der Waals surface area contributed by atoms with E-state index in [9.17, 15) is 18.0 Å². The van der Waals surface area contributed by atoms with Gasteiger partial charge in [-0.25, -0.2) is 14.6 Å². The lowest BCUT2D eigenvalue weighted by atomic mass is 10.2. The number of carbonyl (C=O) groups excluding carboxylic acids is 1. The summed E-state index contributed by atoms with van der Waals surface area (Å²) >= 11 is 0. The summed E-state index contributed by atoms with van der Waals surface area (Å²) in [5, 5.41) is 10.2. The maximum Gasteiger partial charge on any atom is 0.419 e. The molecule has 0 saturated heterocycles. The molecule has 0 spiro atoms. The Morgan fingerprint density at radius 3 is 2.71 bits per heavy atom. The smallest absolute Gasteiger partial charge is 0.368 e. The lowest BCUT2D eigenvalue weighted by Gasteiger charge is -2.13. The number of pyridine rings is 2. The number of amides is 1. The van der Waals surface area contributed by atoms with Gasteiger partial charge < -0.3 is 10.6 Å². The monoisotopic (exact) mass is 392 g/mol. The van der Waals surface area contributed by atoms with Gasteiger partial charge in [-0.1, -0.05) is 0 Å². The molecule has 3 aromatic rings. The van der Waals surface area contributed by atoms with Crippen molar-refractivity contribution in [1.82, 2.24) is 25.1 Å². The van der Waals surface area contributed by atoms with E-state index in [1.807, 2.05) is 13.8 Å².